The van der Waals surface area contributed by atoms with Crippen molar-refractivity contribution in [3.05, 3.63) is 47.0 Å². The molecule has 1 N–H and O–H groups in total. The van der Waals surface area contributed by atoms with E-state index in [0.29, 0.717) is 11.4 Å². The summed E-state index contributed by atoms with van der Waals surface area (Å²) in [6.45, 7) is 5.23. The third-order valence-corrected chi connectivity index (χ3v) is 6.21. The van der Waals surface area contributed by atoms with Crippen molar-refractivity contribution >= 4 is 17.7 Å². The number of carboxylic acid groups (broad SMARTS) is 1. The van der Waals surface area contributed by atoms with Gasteiger partial charge in [0.05, 0.1) is 31.1 Å². The van der Waals surface area contributed by atoms with Crippen LogP contribution in [-0.2, 0) is 16.6 Å². The molecule has 28 heavy (non-hydrogen) atoms. The number of rotatable bonds is 5. The molecule has 0 saturated carbocycles. The summed E-state index contributed by atoms with van der Waals surface area (Å²) < 4.78 is 5.96. The molecule has 0 amide bonds. The number of aliphatic carboxylic acids is 1. The summed E-state index contributed by atoms with van der Waals surface area (Å²) in [6.07, 6.45) is 8.04. The number of hydrogen-bond donors (Lipinski definition) is 1. The van der Waals surface area contributed by atoms with Crippen LogP contribution in [0.4, 0.5) is 0 Å². The fraction of sp³-hybridized carbons (Fsp3) is 0.409. The third-order valence-electron chi connectivity index (χ3n) is 5.43. The van der Waals surface area contributed by atoms with E-state index in [2.05, 4.69) is 47.8 Å². The Morgan fingerprint density at radius 1 is 1.25 bits per heavy atom. The number of benzene rings is 1. The molecular weight excluding hydrogens is 372 g/mol. The van der Waals surface area contributed by atoms with Crippen LogP contribution in [0.5, 0.6) is 5.75 Å². The second kappa shape index (κ2) is 8.66. The van der Waals surface area contributed by atoms with Crippen LogP contribution in [-0.4, -0.2) is 33.9 Å². The number of nitrogens with zero attached hydrogens (tertiary/aromatic N) is 2. The van der Waals surface area contributed by atoms with Crippen molar-refractivity contribution in [2.75, 3.05) is 12.9 Å². The number of fused-ring (bicyclic) bond motifs is 1. The van der Waals surface area contributed by atoms with Crippen molar-refractivity contribution < 1.29 is 14.6 Å². The predicted octanol–water partition coefficient (Wildman–Crippen LogP) is 4.07. The Hall–Kier alpha value is -2.52. The van der Waals surface area contributed by atoms with Gasteiger partial charge in [0, 0.05) is 21.4 Å². The first-order chi connectivity index (χ1) is 13.5. The second-order valence-corrected chi connectivity index (χ2v) is 7.70. The summed E-state index contributed by atoms with van der Waals surface area (Å²) >= 11 is 1.64. The van der Waals surface area contributed by atoms with Crippen molar-refractivity contribution in [2.45, 2.75) is 49.8 Å². The minimum atomic E-state index is -0.927. The van der Waals surface area contributed by atoms with Crippen LogP contribution in [0.25, 0.3) is 0 Å². The number of thioether (sulfide) groups is 1. The Kier molecular flexibility index (Phi) is 6.25. The highest BCUT2D eigenvalue weighted by atomic mass is 32.2. The lowest BCUT2D eigenvalue weighted by molar-refractivity contribution is -0.136. The van der Waals surface area contributed by atoms with Crippen LogP contribution in [0.2, 0.25) is 0 Å². The molecule has 1 aliphatic heterocycles. The fourth-order valence-electron chi connectivity index (χ4n) is 3.63. The fourth-order valence-corrected chi connectivity index (χ4v) is 4.19. The molecule has 1 aliphatic rings. The summed E-state index contributed by atoms with van der Waals surface area (Å²) in [7, 11) is 0. The van der Waals surface area contributed by atoms with Crippen LogP contribution in [0, 0.1) is 11.8 Å². The maximum Gasteiger partial charge on any atom is 0.309 e. The normalized spacial score (nSPS) is 14.4. The predicted molar refractivity (Wildman–Crippen MR) is 110 cm³/mol. The Balaban J connectivity index is 1.97. The van der Waals surface area contributed by atoms with Crippen LogP contribution >= 0.6 is 11.8 Å². The maximum atomic E-state index is 10.7. The van der Waals surface area contributed by atoms with E-state index in [1.807, 2.05) is 6.26 Å². The van der Waals surface area contributed by atoms with E-state index in [-0.39, 0.29) is 11.8 Å². The molecule has 6 heteroatoms. The molecule has 146 valence electrons. The lowest BCUT2D eigenvalue weighted by Crippen LogP contribution is -2.31. The van der Waals surface area contributed by atoms with E-state index in [4.69, 9.17) is 9.84 Å². The van der Waals surface area contributed by atoms with Gasteiger partial charge in [-0.05, 0) is 43.6 Å². The molecule has 5 nitrogen and oxygen atoms in total. The zero-order valence-corrected chi connectivity index (χ0v) is 17.2. The van der Waals surface area contributed by atoms with Gasteiger partial charge in [-0.25, -0.2) is 4.98 Å². The van der Waals surface area contributed by atoms with Gasteiger partial charge in [0.2, 0.25) is 0 Å². The Morgan fingerprint density at radius 3 is 2.64 bits per heavy atom. The molecule has 1 aromatic carbocycles. The van der Waals surface area contributed by atoms with Crippen LogP contribution in [0.1, 0.15) is 55.6 Å². The molecule has 0 bridgehead atoms. The van der Waals surface area contributed by atoms with Gasteiger partial charge in [-0.2, -0.15) is 0 Å². The van der Waals surface area contributed by atoms with E-state index < -0.39 is 5.97 Å². The molecule has 0 aliphatic carbocycles. The SMILES string of the molecule is CCC1(CC)CCOc2cc(SC)c(C#Cc3cnc(CC(=O)O)cn3)cc21. The van der Waals surface area contributed by atoms with Crippen LogP contribution in [0.3, 0.4) is 0 Å². The van der Waals surface area contributed by atoms with Gasteiger partial charge < -0.3 is 9.84 Å². The molecule has 0 radical (unpaired) electrons. The molecule has 2 aromatic rings. The van der Waals surface area contributed by atoms with E-state index in [1.54, 1.807) is 11.8 Å². The minimum Gasteiger partial charge on any atom is -0.493 e. The van der Waals surface area contributed by atoms with Crippen molar-refractivity contribution in [3.63, 3.8) is 0 Å². The van der Waals surface area contributed by atoms with Crippen LogP contribution < -0.4 is 4.74 Å². The van der Waals surface area contributed by atoms with Gasteiger partial charge in [0.15, 0.2) is 0 Å². The van der Waals surface area contributed by atoms with Crippen LogP contribution in [0.15, 0.2) is 29.4 Å². The largest absolute Gasteiger partial charge is 0.493 e. The average Bonchev–Trinajstić information content (AvgIpc) is 2.71. The Labute approximate surface area is 169 Å². The zero-order chi connectivity index (χ0) is 20.1. The molecule has 3 rings (SSSR count). The number of hydrogen-bond acceptors (Lipinski definition) is 5. The van der Waals surface area contributed by atoms with E-state index in [1.165, 1.54) is 18.0 Å². The lowest BCUT2D eigenvalue weighted by Gasteiger charge is -2.38. The Bertz CT molecular complexity index is 925. The van der Waals surface area contributed by atoms with Gasteiger partial charge >= 0.3 is 5.97 Å². The maximum absolute atomic E-state index is 10.7. The van der Waals surface area contributed by atoms with Crippen molar-refractivity contribution in [1.82, 2.24) is 9.97 Å². The van der Waals surface area contributed by atoms with E-state index in [0.717, 1.165) is 42.1 Å². The first kappa shape index (κ1) is 20.2. The molecular formula is C22H24N2O3S. The highest BCUT2D eigenvalue weighted by Crippen LogP contribution is 2.45. The van der Waals surface area contributed by atoms with E-state index >= 15 is 0 Å². The summed E-state index contributed by atoms with van der Waals surface area (Å²) in [5.41, 5.74) is 3.28. The third kappa shape index (κ3) is 4.15. The summed E-state index contributed by atoms with van der Waals surface area (Å²) in [5, 5.41) is 8.82. The number of aromatic nitrogens is 2. The highest BCUT2D eigenvalue weighted by Gasteiger charge is 2.35. The summed E-state index contributed by atoms with van der Waals surface area (Å²) in [5.74, 6) is 6.34. The zero-order valence-electron chi connectivity index (χ0n) is 16.4. The van der Waals surface area contributed by atoms with Gasteiger partial charge in [0.25, 0.3) is 0 Å². The molecule has 0 fully saturated rings. The van der Waals surface area contributed by atoms with Crippen molar-refractivity contribution in [3.8, 4) is 17.6 Å². The van der Waals surface area contributed by atoms with E-state index in [9.17, 15) is 4.79 Å². The minimum absolute atomic E-state index is 0.138. The molecule has 0 unspecified atom stereocenters. The summed E-state index contributed by atoms with van der Waals surface area (Å²) in [6, 6.07) is 4.28. The summed E-state index contributed by atoms with van der Waals surface area (Å²) in [4.78, 5) is 20.2. The average molecular weight is 397 g/mol. The molecule has 0 atom stereocenters. The monoisotopic (exact) mass is 396 g/mol. The second-order valence-electron chi connectivity index (χ2n) is 6.85. The van der Waals surface area contributed by atoms with Crippen molar-refractivity contribution in [2.24, 2.45) is 0 Å². The van der Waals surface area contributed by atoms with Gasteiger partial charge in [-0.1, -0.05) is 19.8 Å². The van der Waals surface area contributed by atoms with Gasteiger partial charge in [-0.15, -0.1) is 11.8 Å². The molecule has 0 spiro atoms. The smallest absolute Gasteiger partial charge is 0.309 e. The number of ether oxygens (including phenoxy) is 1. The highest BCUT2D eigenvalue weighted by molar-refractivity contribution is 7.98. The molecule has 1 aromatic heterocycles. The lowest BCUT2D eigenvalue weighted by atomic mass is 9.71. The standard InChI is InChI=1S/C22H24N2O3S/c1-4-22(5-2)8-9-27-19-12-20(28-3)15(10-18(19)22)6-7-16-13-24-17(14-23-16)11-21(25)26/h10,12-14H,4-5,8-9,11H2,1-3H3,(H,25,26). The number of carboxylic acids is 1. The van der Waals surface area contributed by atoms with Crippen molar-refractivity contribution in [1.29, 1.82) is 0 Å². The quantitative estimate of drug-likeness (QED) is 0.607. The molecule has 2 heterocycles. The first-order valence-electron chi connectivity index (χ1n) is 9.41. The van der Waals surface area contributed by atoms with Gasteiger partial charge in [-0.3, -0.25) is 9.78 Å². The number of carbonyl (C=O) groups is 1. The van der Waals surface area contributed by atoms with Gasteiger partial charge in [0.1, 0.15) is 11.4 Å². The first-order valence-corrected chi connectivity index (χ1v) is 10.6. The Morgan fingerprint density at radius 2 is 2.04 bits per heavy atom. The topological polar surface area (TPSA) is 72.3 Å². The molecule has 0 saturated heterocycles.